The lowest BCUT2D eigenvalue weighted by atomic mass is 9.91. The molecule has 18 heavy (non-hydrogen) atoms. The number of fused-ring (bicyclic) bond motifs is 1. The maximum atomic E-state index is 12.1. The number of hydrogen-bond acceptors (Lipinski definition) is 3. The van der Waals surface area contributed by atoms with E-state index in [9.17, 15) is 9.59 Å². The molecular weight excluding hydrogens is 228 g/mol. The topological polar surface area (TPSA) is 63.4 Å². The molecule has 0 unspecified atom stereocenters. The number of carbonyl (C=O) groups is 2. The fraction of sp³-hybridized carbons (Fsp3) is 0.429. The number of anilines is 1. The van der Waals surface area contributed by atoms with Crippen LogP contribution in [0.5, 0.6) is 0 Å². The summed E-state index contributed by atoms with van der Waals surface area (Å²) in [6.07, 6.45) is 1.18. The standard InChI is InChI=1S/C14H18N2O2/c1-14(2,15)13(18)10-4-6-11-9(8-10)5-7-12(17)16(11)3/h4,6,8H,5,7,15H2,1-3H3. The Labute approximate surface area is 107 Å². The summed E-state index contributed by atoms with van der Waals surface area (Å²) in [5.74, 6) is 0.0329. The first kappa shape index (κ1) is 12.8. The van der Waals surface area contributed by atoms with Crippen molar-refractivity contribution < 1.29 is 9.59 Å². The highest BCUT2D eigenvalue weighted by Gasteiger charge is 2.26. The van der Waals surface area contributed by atoms with Crippen LogP contribution in [-0.2, 0) is 11.2 Å². The SMILES string of the molecule is CN1C(=O)CCc2cc(C(=O)C(C)(C)N)ccc21. The summed E-state index contributed by atoms with van der Waals surface area (Å²) in [6.45, 7) is 3.40. The summed E-state index contributed by atoms with van der Waals surface area (Å²) in [6, 6.07) is 5.42. The minimum Gasteiger partial charge on any atom is -0.319 e. The van der Waals surface area contributed by atoms with Crippen molar-refractivity contribution in [1.82, 2.24) is 0 Å². The van der Waals surface area contributed by atoms with Crippen LogP contribution in [0.2, 0.25) is 0 Å². The Bertz CT molecular complexity index is 515. The van der Waals surface area contributed by atoms with Gasteiger partial charge in [-0.1, -0.05) is 0 Å². The molecule has 2 N–H and O–H groups in total. The van der Waals surface area contributed by atoms with E-state index in [0.717, 1.165) is 11.3 Å². The van der Waals surface area contributed by atoms with E-state index < -0.39 is 5.54 Å². The van der Waals surface area contributed by atoms with Crippen molar-refractivity contribution in [1.29, 1.82) is 0 Å². The van der Waals surface area contributed by atoms with Gasteiger partial charge in [0, 0.05) is 24.7 Å². The molecule has 0 radical (unpaired) electrons. The van der Waals surface area contributed by atoms with Crippen molar-refractivity contribution in [2.75, 3.05) is 11.9 Å². The van der Waals surface area contributed by atoms with Crippen LogP contribution in [0.15, 0.2) is 18.2 Å². The van der Waals surface area contributed by atoms with Crippen LogP contribution in [0, 0.1) is 0 Å². The summed E-state index contributed by atoms with van der Waals surface area (Å²) in [4.78, 5) is 25.3. The van der Waals surface area contributed by atoms with Crippen molar-refractivity contribution in [2.45, 2.75) is 32.2 Å². The zero-order chi connectivity index (χ0) is 13.5. The van der Waals surface area contributed by atoms with Gasteiger partial charge in [0.1, 0.15) is 0 Å². The quantitative estimate of drug-likeness (QED) is 0.805. The lowest BCUT2D eigenvalue weighted by molar-refractivity contribution is -0.118. The van der Waals surface area contributed by atoms with Crippen LogP contribution in [0.3, 0.4) is 0 Å². The van der Waals surface area contributed by atoms with Gasteiger partial charge < -0.3 is 10.6 Å². The van der Waals surface area contributed by atoms with E-state index in [1.165, 1.54) is 0 Å². The zero-order valence-electron chi connectivity index (χ0n) is 11.0. The van der Waals surface area contributed by atoms with E-state index in [-0.39, 0.29) is 11.7 Å². The Balaban J connectivity index is 2.40. The lowest BCUT2D eigenvalue weighted by Gasteiger charge is -2.26. The second-order valence-electron chi connectivity index (χ2n) is 5.35. The largest absolute Gasteiger partial charge is 0.319 e. The van der Waals surface area contributed by atoms with Crippen molar-refractivity contribution in [3.63, 3.8) is 0 Å². The highest BCUT2D eigenvalue weighted by Crippen LogP contribution is 2.28. The predicted molar refractivity (Wildman–Crippen MR) is 70.8 cm³/mol. The first-order chi connectivity index (χ1) is 8.30. The number of benzene rings is 1. The molecule has 0 bridgehead atoms. The van der Waals surface area contributed by atoms with Gasteiger partial charge in [-0.15, -0.1) is 0 Å². The molecule has 0 aliphatic carbocycles. The van der Waals surface area contributed by atoms with Gasteiger partial charge in [-0.05, 0) is 44.0 Å². The smallest absolute Gasteiger partial charge is 0.227 e. The molecule has 1 aliphatic heterocycles. The van der Waals surface area contributed by atoms with Crippen LogP contribution in [0.25, 0.3) is 0 Å². The number of aryl methyl sites for hydroxylation is 1. The van der Waals surface area contributed by atoms with Gasteiger partial charge in [0.25, 0.3) is 0 Å². The summed E-state index contributed by atoms with van der Waals surface area (Å²) >= 11 is 0. The fourth-order valence-corrected chi connectivity index (χ4v) is 2.17. The number of ketones is 1. The summed E-state index contributed by atoms with van der Waals surface area (Å²) in [5.41, 5.74) is 7.49. The third-order valence-corrected chi connectivity index (χ3v) is 3.27. The molecule has 0 aromatic heterocycles. The monoisotopic (exact) mass is 246 g/mol. The summed E-state index contributed by atoms with van der Waals surface area (Å²) in [7, 11) is 1.76. The number of hydrogen-bond donors (Lipinski definition) is 1. The van der Waals surface area contributed by atoms with E-state index in [4.69, 9.17) is 5.73 Å². The normalized spacial score (nSPS) is 15.6. The van der Waals surface area contributed by atoms with E-state index in [0.29, 0.717) is 18.4 Å². The van der Waals surface area contributed by atoms with Crippen LogP contribution < -0.4 is 10.6 Å². The molecule has 1 aromatic rings. The maximum absolute atomic E-state index is 12.1. The lowest BCUT2D eigenvalue weighted by Crippen LogP contribution is -2.41. The van der Waals surface area contributed by atoms with Crippen LogP contribution in [-0.4, -0.2) is 24.3 Å². The summed E-state index contributed by atoms with van der Waals surface area (Å²) in [5, 5.41) is 0. The molecule has 96 valence electrons. The van der Waals surface area contributed by atoms with Crippen molar-refractivity contribution in [3.05, 3.63) is 29.3 Å². The average molecular weight is 246 g/mol. The first-order valence-electron chi connectivity index (χ1n) is 6.04. The van der Waals surface area contributed by atoms with Crippen molar-refractivity contribution in [3.8, 4) is 0 Å². The van der Waals surface area contributed by atoms with Gasteiger partial charge in [-0.2, -0.15) is 0 Å². The van der Waals surface area contributed by atoms with E-state index >= 15 is 0 Å². The third-order valence-electron chi connectivity index (χ3n) is 3.27. The molecule has 1 aromatic carbocycles. The molecule has 0 spiro atoms. The molecule has 4 nitrogen and oxygen atoms in total. The number of amides is 1. The Morgan fingerprint density at radius 1 is 1.33 bits per heavy atom. The molecule has 0 saturated heterocycles. The van der Waals surface area contributed by atoms with Crippen LogP contribution in [0.4, 0.5) is 5.69 Å². The first-order valence-corrected chi connectivity index (χ1v) is 6.04. The minimum atomic E-state index is -0.870. The van der Waals surface area contributed by atoms with Gasteiger partial charge in [0.2, 0.25) is 5.91 Å². The zero-order valence-corrected chi connectivity index (χ0v) is 11.0. The number of nitrogens with zero attached hydrogens (tertiary/aromatic N) is 1. The highest BCUT2D eigenvalue weighted by atomic mass is 16.2. The number of rotatable bonds is 2. The second kappa shape index (κ2) is 4.21. The Morgan fingerprint density at radius 2 is 2.00 bits per heavy atom. The molecular formula is C14H18N2O2. The van der Waals surface area contributed by atoms with E-state index in [2.05, 4.69) is 0 Å². The molecule has 0 fully saturated rings. The van der Waals surface area contributed by atoms with Gasteiger partial charge in [0.15, 0.2) is 5.78 Å². The molecule has 0 atom stereocenters. The Kier molecular flexibility index (Phi) is 2.99. The molecule has 1 heterocycles. The van der Waals surface area contributed by atoms with E-state index in [1.54, 1.807) is 31.9 Å². The second-order valence-corrected chi connectivity index (χ2v) is 5.35. The highest BCUT2D eigenvalue weighted by molar-refractivity contribution is 6.04. The van der Waals surface area contributed by atoms with Gasteiger partial charge >= 0.3 is 0 Å². The van der Waals surface area contributed by atoms with Gasteiger partial charge in [0.05, 0.1) is 5.54 Å². The molecule has 1 amide bonds. The minimum absolute atomic E-state index is 0.0788. The molecule has 4 heteroatoms. The van der Waals surface area contributed by atoms with Crippen LogP contribution in [0.1, 0.15) is 36.2 Å². The maximum Gasteiger partial charge on any atom is 0.227 e. The Morgan fingerprint density at radius 3 is 2.61 bits per heavy atom. The average Bonchev–Trinajstić information content (AvgIpc) is 2.31. The predicted octanol–water partition coefficient (Wildman–Crippen LogP) is 1.52. The third kappa shape index (κ3) is 2.16. The van der Waals surface area contributed by atoms with E-state index in [1.807, 2.05) is 12.1 Å². The number of carbonyl (C=O) groups excluding carboxylic acids is 2. The van der Waals surface area contributed by atoms with Crippen molar-refractivity contribution >= 4 is 17.4 Å². The van der Waals surface area contributed by atoms with Gasteiger partial charge in [-0.3, -0.25) is 9.59 Å². The molecule has 1 aliphatic rings. The van der Waals surface area contributed by atoms with Crippen LogP contribution >= 0.6 is 0 Å². The fourth-order valence-electron chi connectivity index (χ4n) is 2.17. The number of Topliss-reactive ketones (excluding diaryl/α,β-unsaturated/α-hetero) is 1. The van der Waals surface area contributed by atoms with Gasteiger partial charge in [-0.25, -0.2) is 0 Å². The Hall–Kier alpha value is -1.68. The molecule has 2 rings (SSSR count). The molecule has 0 saturated carbocycles. The summed E-state index contributed by atoms with van der Waals surface area (Å²) < 4.78 is 0. The van der Waals surface area contributed by atoms with Crippen molar-refractivity contribution in [2.24, 2.45) is 5.73 Å². The number of nitrogens with two attached hydrogens (primary N) is 1.